The third-order valence-corrected chi connectivity index (χ3v) is 4.41. The van der Waals surface area contributed by atoms with Crippen molar-refractivity contribution in [3.63, 3.8) is 0 Å². The van der Waals surface area contributed by atoms with Crippen molar-refractivity contribution in [2.24, 2.45) is 0 Å². The Labute approximate surface area is 145 Å². The predicted octanol–water partition coefficient (Wildman–Crippen LogP) is 4.06. The van der Waals surface area contributed by atoms with E-state index in [9.17, 15) is 18.0 Å². The predicted molar refractivity (Wildman–Crippen MR) is 89.3 cm³/mol. The van der Waals surface area contributed by atoms with Crippen LogP contribution in [0.3, 0.4) is 0 Å². The van der Waals surface area contributed by atoms with Crippen molar-refractivity contribution >= 4 is 17.2 Å². The Kier molecular flexibility index (Phi) is 4.89. The van der Waals surface area contributed by atoms with Gasteiger partial charge in [-0.05, 0) is 41.8 Å². The van der Waals surface area contributed by atoms with Crippen LogP contribution in [0.1, 0.15) is 15.9 Å². The van der Waals surface area contributed by atoms with Gasteiger partial charge in [0.05, 0.1) is 17.0 Å². The molecule has 3 rings (SSSR count). The van der Waals surface area contributed by atoms with Gasteiger partial charge in [-0.15, -0.1) is 11.3 Å². The molecule has 0 atom stereocenters. The fourth-order valence-corrected chi connectivity index (χ4v) is 2.93. The van der Waals surface area contributed by atoms with Gasteiger partial charge in [-0.25, -0.2) is 0 Å². The first kappa shape index (κ1) is 17.2. The number of thiophene rings is 1. The highest BCUT2D eigenvalue weighted by molar-refractivity contribution is 7.13. The fourth-order valence-electron chi connectivity index (χ4n) is 2.24. The summed E-state index contributed by atoms with van der Waals surface area (Å²) in [5.41, 5.74) is 0.276. The van der Waals surface area contributed by atoms with Crippen LogP contribution in [-0.2, 0) is 12.7 Å². The van der Waals surface area contributed by atoms with Crippen LogP contribution in [0, 0.1) is 0 Å². The molecule has 0 saturated heterocycles. The number of alkyl halides is 3. The minimum atomic E-state index is -4.41. The van der Waals surface area contributed by atoms with Gasteiger partial charge in [-0.1, -0.05) is 6.07 Å². The number of rotatable bonds is 5. The number of benzene rings is 1. The van der Waals surface area contributed by atoms with Gasteiger partial charge in [-0.3, -0.25) is 9.48 Å². The Morgan fingerprint density at radius 1 is 1.16 bits per heavy atom. The molecule has 0 fully saturated rings. The van der Waals surface area contributed by atoms with Crippen molar-refractivity contribution in [3.8, 4) is 10.6 Å². The van der Waals surface area contributed by atoms with Gasteiger partial charge < -0.3 is 5.32 Å². The van der Waals surface area contributed by atoms with Gasteiger partial charge in [-0.2, -0.15) is 18.3 Å². The lowest BCUT2D eigenvalue weighted by atomic mass is 10.1. The molecule has 0 aliphatic rings. The van der Waals surface area contributed by atoms with Crippen molar-refractivity contribution in [2.75, 3.05) is 6.54 Å². The monoisotopic (exact) mass is 365 g/mol. The van der Waals surface area contributed by atoms with Crippen molar-refractivity contribution in [1.82, 2.24) is 15.1 Å². The van der Waals surface area contributed by atoms with Gasteiger partial charge in [0.15, 0.2) is 0 Å². The lowest BCUT2D eigenvalue weighted by molar-refractivity contribution is -0.137. The molecule has 1 N–H and O–H groups in total. The first-order valence-electron chi connectivity index (χ1n) is 7.46. The second-order valence-corrected chi connectivity index (χ2v) is 6.22. The number of carbonyl (C=O) groups is 1. The molecule has 25 heavy (non-hydrogen) atoms. The Bertz CT molecular complexity index is 839. The Balaban J connectivity index is 1.53. The molecule has 130 valence electrons. The summed E-state index contributed by atoms with van der Waals surface area (Å²) >= 11 is 1.59. The van der Waals surface area contributed by atoms with Crippen molar-refractivity contribution in [1.29, 1.82) is 0 Å². The second kappa shape index (κ2) is 7.10. The second-order valence-electron chi connectivity index (χ2n) is 5.27. The van der Waals surface area contributed by atoms with Crippen molar-refractivity contribution in [3.05, 3.63) is 65.2 Å². The highest BCUT2D eigenvalue weighted by Gasteiger charge is 2.30. The summed E-state index contributed by atoms with van der Waals surface area (Å²) in [4.78, 5) is 13.0. The van der Waals surface area contributed by atoms with Crippen molar-refractivity contribution in [2.45, 2.75) is 12.7 Å². The van der Waals surface area contributed by atoms with Crippen LogP contribution < -0.4 is 5.32 Å². The third-order valence-electron chi connectivity index (χ3n) is 3.52. The Hall–Kier alpha value is -2.61. The van der Waals surface area contributed by atoms with E-state index in [1.54, 1.807) is 16.0 Å². The van der Waals surface area contributed by atoms with E-state index in [1.165, 1.54) is 12.1 Å². The summed E-state index contributed by atoms with van der Waals surface area (Å²) in [5.74, 6) is -0.417. The van der Waals surface area contributed by atoms with Crippen LogP contribution in [-0.4, -0.2) is 22.2 Å². The smallest absolute Gasteiger partial charge is 0.350 e. The van der Waals surface area contributed by atoms with E-state index >= 15 is 0 Å². The minimum Gasteiger partial charge on any atom is -0.350 e. The maximum absolute atomic E-state index is 12.5. The molecule has 2 aromatic heterocycles. The molecule has 0 unspecified atom stereocenters. The molecule has 0 bridgehead atoms. The average Bonchev–Trinajstić information content (AvgIpc) is 3.25. The summed E-state index contributed by atoms with van der Waals surface area (Å²) in [7, 11) is 0. The summed E-state index contributed by atoms with van der Waals surface area (Å²) < 4.78 is 39.2. The first-order chi connectivity index (χ1) is 11.9. The number of carbonyl (C=O) groups excluding carboxylic acids is 1. The van der Waals surface area contributed by atoms with Crippen LogP contribution in [0.15, 0.2) is 54.0 Å². The largest absolute Gasteiger partial charge is 0.416 e. The maximum atomic E-state index is 12.5. The van der Waals surface area contributed by atoms with Gasteiger partial charge >= 0.3 is 6.18 Å². The summed E-state index contributed by atoms with van der Waals surface area (Å²) in [5, 5.41) is 9.05. The zero-order chi connectivity index (χ0) is 17.9. The number of halogens is 3. The van der Waals surface area contributed by atoms with Gasteiger partial charge in [0.2, 0.25) is 0 Å². The van der Waals surface area contributed by atoms with Crippen LogP contribution in [0.25, 0.3) is 10.6 Å². The molecule has 0 aliphatic carbocycles. The standard InChI is InChI=1S/C17H14F3N3OS/c18-17(19,20)13-5-3-12(4-6-13)16(24)21-8-10-23-9-7-14(22-23)15-2-1-11-25-15/h1-7,9,11H,8,10H2,(H,21,24). The lowest BCUT2D eigenvalue weighted by Gasteiger charge is -2.08. The fraction of sp³-hybridized carbons (Fsp3) is 0.176. The number of aromatic nitrogens is 2. The number of hydrogen-bond acceptors (Lipinski definition) is 3. The Morgan fingerprint density at radius 3 is 2.56 bits per heavy atom. The topological polar surface area (TPSA) is 46.9 Å². The molecular formula is C17H14F3N3OS. The summed E-state index contributed by atoms with van der Waals surface area (Å²) in [6.07, 6.45) is -2.59. The normalized spacial score (nSPS) is 11.5. The van der Waals surface area contributed by atoms with Gasteiger partial charge in [0.25, 0.3) is 5.91 Å². The van der Waals surface area contributed by atoms with E-state index in [0.29, 0.717) is 13.1 Å². The van der Waals surface area contributed by atoms with Crippen LogP contribution in [0.5, 0.6) is 0 Å². The molecule has 3 aromatic rings. The van der Waals surface area contributed by atoms with E-state index in [2.05, 4.69) is 10.4 Å². The molecule has 1 amide bonds. The average molecular weight is 365 g/mol. The quantitative estimate of drug-likeness (QED) is 0.741. The highest BCUT2D eigenvalue weighted by Crippen LogP contribution is 2.29. The van der Waals surface area contributed by atoms with Crippen LogP contribution in [0.2, 0.25) is 0 Å². The molecule has 0 radical (unpaired) electrons. The highest BCUT2D eigenvalue weighted by atomic mass is 32.1. The molecule has 0 saturated carbocycles. The van der Waals surface area contributed by atoms with E-state index < -0.39 is 17.6 Å². The SMILES string of the molecule is O=C(NCCn1ccc(-c2cccs2)n1)c1ccc(C(F)(F)F)cc1. The van der Waals surface area contributed by atoms with Gasteiger partial charge in [0, 0.05) is 18.3 Å². The zero-order valence-electron chi connectivity index (χ0n) is 13.0. The number of nitrogens with one attached hydrogen (secondary N) is 1. The molecule has 0 spiro atoms. The van der Waals surface area contributed by atoms with Crippen LogP contribution in [0.4, 0.5) is 13.2 Å². The number of nitrogens with zero attached hydrogens (tertiary/aromatic N) is 2. The molecule has 1 aromatic carbocycles. The Morgan fingerprint density at radius 2 is 1.92 bits per heavy atom. The summed E-state index contributed by atoms with van der Waals surface area (Å²) in [6.45, 7) is 0.795. The van der Waals surface area contributed by atoms with Crippen LogP contribution >= 0.6 is 11.3 Å². The van der Waals surface area contributed by atoms with E-state index in [4.69, 9.17) is 0 Å². The zero-order valence-corrected chi connectivity index (χ0v) is 13.8. The lowest BCUT2D eigenvalue weighted by Crippen LogP contribution is -2.27. The van der Waals surface area contributed by atoms with Crippen molar-refractivity contribution < 1.29 is 18.0 Å². The third kappa shape index (κ3) is 4.27. The summed E-state index contributed by atoms with van der Waals surface area (Å²) in [6, 6.07) is 9.95. The first-order valence-corrected chi connectivity index (χ1v) is 8.34. The molecule has 8 heteroatoms. The molecule has 0 aliphatic heterocycles. The molecule has 2 heterocycles. The van der Waals surface area contributed by atoms with E-state index in [-0.39, 0.29) is 5.56 Å². The molecule has 4 nitrogen and oxygen atoms in total. The minimum absolute atomic E-state index is 0.188. The number of amides is 1. The molecular weight excluding hydrogens is 351 g/mol. The van der Waals surface area contributed by atoms with E-state index in [0.717, 1.165) is 22.7 Å². The maximum Gasteiger partial charge on any atom is 0.416 e. The van der Waals surface area contributed by atoms with Gasteiger partial charge in [0.1, 0.15) is 5.69 Å². The van der Waals surface area contributed by atoms with E-state index in [1.807, 2.05) is 29.8 Å². The number of hydrogen-bond donors (Lipinski definition) is 1.